The van der Waals surface area contributed by atoms with Crippen molar-refractivity contribution >= 4 is 0 Å². The van der Waals surface area contributed by atoms with Crippen molar-refractivity contribution in [3.63, 3.8) is 0 Å². The Kier molecular flexibility index (Phi) is 2.83. The van der Waals surface area contributed by atoms with E-state index in [4.69, 9.17) is 20.0 Å². The van der Waals surface area contributed by atoms with Crippen LogP contribution in [0.5, 0.6) is 23.5 Å². The molecule has 0 spiro atoms. The molecule has 0 N–H and O–H groups in total. The van der Waals surface area contributed by atoms with Gasteiger partial charge in [-0.1, -0.05) is 0 Å². The summed E-state index contributed by atoms with van der Waals surface area (Å²) in [5.74, 6) is -1.13. The minimum Gasteiger partial charge on any atom is -0.408 e. The molecule has 0 saturated heterocycles. The van der Waals surface area contributed by atoms with E-state index in [0.29, 0.717) is 0 Å². The molecule has 102 valence electrons. The van der Waals surface area contributed by atoms with E-state index in [2.05, 4.69) is 44.8 Å². The summed E-state index contributed by atoms with van der Waals surface area (Å²) >= 11 is 0. The fraction of sp³-hybridized carbons (Fsp3) is 0. The van der Waals surface area contributed by atoms with Gasteiger partial charge in [-0.3, -0.25) is 0 Å². The van der Waals surface area contributed by atoms with E-state index in [0.717, 1.165) is 0 Å². The van der Waals surface area contributed by atoms with Gasteiger partial charge in [0.05, 0.1) is 0 Å². The van der Waals surface area contributed by atoms with Crippen LogP contribution in [0.3, 0.4) is 0 Å². The van der Waals surface area contributed by atoms with Gasteiger partial charge in [-0.2, -0.15) is 10.5 Å². The molecule has 0 saturated carbocycles. The Morgan fingerprint density at radius 3 is 1.43 bits per heavy atom. The van der Waals surface area contributed by atoms with Crippen molar-refractivity contribution in [2.24, 2.45) is 0 Å². The molecule has 0 radical (unpaired) electrons. The summed E-state index contributed by atoms with van der Waals surface area (Å²) in [6.07, 6.45) is 0. The Morgan fingerprint density at radius 2 is 1.00 bits per heavy atom. The monoisotopic (exact) mass is 288 g/mol. The van der Waals surface area contributed by atoms with Crippen LogP contribution in [0.1, 0.15) is 11.4 Å². The lowest BCUT2D eigenvalue weighted by molar-refractivity contribution is 0.268. The van der Waals surface area contributed by atoms with Gasteiger partial charge in [-0.05, 0) is 30.9 Å². The highest BCUT2D eigenvalue weighted by molar-refractivity contribution is 5.37. The molecule has 0 unspecified atom stereocenters. The lowest BCUT2D eigenvalue weighted by Gasteiger charge is -1.98. The molecule has 0 aromatic carbocycles. The lowest BCUT2D eigenvalue weighted by Crippen LogP contribution is -1.93. The topological polar surface area (TPSA) is 183 Å². The van der Waals surface area contributed by atoms with Crippen LogP contribution >= 0.6 is 0 Å². The number of rotatable bonds is 4. The standard InChI is InChI=1S/C8N8O5/c9-1-3-5(13-19-11-3)17-7-8(16-21-15-7)18-6-4(2-10)12-20-14-6. The first kappa shape index (κ1) is 12.1. The molecule has 0 amide bonds. The minimum absolute atomic E-state index is 0.218. The molecular formula is C8N8O5. The predicted octanol–water partition coefficient (Wildman–Crippen LogP) is 0.164. The van der Waals surface area contributed by atoms with Crippen LogP contribution in [-0.2, 0) is 0 Å². The van der Waals surface area contributed by atoms with Crippen LogP contribution in [0.4, 0.5) is 0 Å². The van der Waals surface area contributed by atoms with Gasteiger partial charge in [0.25, 0.3) is 0 Å². The maximum Gasteiger partial charge on any atom is 0.327 e. The zero-order valence-electron chi connectivity index (χ0n) is 9.62. The van der Waals surface area contributed by atoms with Crippen molar-refractivity contribution in [2.45, 2.75) is 0 Å². The summed E-state index contributed by atoms with van der Waals surface area (Å²) in [4.78, 5) is 0. The Labute approximate surface area is 113 Å². The SMILES string of the molecule is N#Cc1nonc1Oc1nonc1Oc1nonc1C#N. The van der Waals surface area contributed by atoms with Crippen LogP contribution in [-0.4, -0.2) is 30.9 Å². The minimum atomic E-state index is -0.297. The van der Waals surface area contributed by atoms with Crippen LogP contribution in [0.15, 0.2) is 13.9 Å². The molecular weight excluding hydrogens is 288 g/mol. The molecule has 0 fully saturated rings. The zero-order chi connectivity index (χ0) is 14.7. The zero-order valence-corrected chi connectivity index (χ0v) is 9.62. The second kappa shape index (κ2) is 4.94. The van der Waals surface area contributed by atoms with Gasteiger partial charge in [0, 0.05) is 0 Å². The van der Waals surface area contributed by atoms with Crippen molar-refractivity contribution in [2.75, 3.05) is 0 Å². The molecule has 0 aliphatic carbocycles. The third-order valence-corrected chi connectivity index (χ3v) is 1.95. The van der Waals surface area contributed by atoms with E-state index in [1.807, 2.05) is 0 Å². The third-order valence-electron chi connectivity index (χ3n) is 1.95. The van der Waals surface area contributed by atoms with Gasteiger partial charge in [0.2, 0.25) is 11.4 Å². The maximum atomic E-state index is 8.73. The highest BCUT2D eigenvalue weighted by Gasteiger charge is 2.22. The molecule has 3 heterocycles. The number of ether oxygens (including phenoxy) is 2. The van der Waals surface area contributed by atoms with Gasteiger partial charge < -0.3 is 9.47 Å². The summed E-state index contributed by atoms with van der Waals surface area (Å²) in [7, 11) is 0. The Hall–Kier alpha value is -4.00. The number of nitrogens with zero attached hydrogens (tertiary/aromatic N) is 8. The third kappa shape index (κ3) is 2.17. The quantitative estimate of drug-likeness (QED) is 0.632. The highest BCUT2D eigenvalue weighted by Crippen LogP contribution is 2.31. The normalized spacial score (nSPS) is 9.81. The molecule has 0 bridgehead atoms. The van der Waals surface area contributed by atoms with E-state index in [-0.39, 0.29) is 34.9 Å². The van der Waals surface area contributed by atoms with Crippen LogP contribution < -0.4 is 9.47 Å². The van der Waals surface area contributed by atoms with E-state index < -0.39 is 0 Å². The number of hydrogen-bond acceptors (Lipinski definition) is 13. The average molecular weight is 288 g/mol. The van der Waals surface area contributed by atoms with E-state index in [1.165, 1.54) is 0 Å². The van der Waals surface area contributed by atoms with Crippen molar-refractivity contribution in [3.05, 3.63) is 11.4 Å². The van der Waals surface area contributed by atoms with Crippen molar-refractivity contribution in [3.8, 4) is 35.7 Å². The highest BCUT2D eigenvalue weighted by atomic mass is 16.7. The summed E-state index contributed by atoms with van der Waals surface area (Å²) < 4.78 is 23.2. The summed E-state index contributed by atoms with van der Waals surface area (Å²) in [5.41, 5.74) is -0.436. The van der Waals surface area contributed by atoms with Crippen molar-refractivity contribution in [1.29, 1.82) is 10.5 Å². The molecule has 3 aromatic rings. The fourth-order valence-corrected chi connectivity index (χ4v) is 1.11. The molecule has 3 aromatic heterocycles. The number of aromatic nitrogens is 6. The van der Waals surface area contributed by atoms with E-state index in [1.54, 1.807) is 12.1 Å². The van der Waals surface area contributed by atoms with Crippen molar-refractivity contribution < 1.29 is 23.4 Å². The first-order valence-corrected chi connectivity index (χ1v) is 4.95. The molecule has 13 heteroatoms. The Balaban J connectivity index is 1.85. The predicted molar refractivity (Wildman–Crippen MR) is 52.5 cm³/mol. The fourth-order valence-electron chi connectivity index (χ4n) is 1.11. The molecule has 13 nitrogen and oxygen atoms in total. The second-order valence-electron chi connectivity index (χ2n) is 3.14. The lowest BCUT2D eigenvalue weighted by atomic mass is 10.5. The molecule has 0 aliphatic rings. The summed E-state index contributed by atoms with van der Waals surface area (Å²) in [6, 6.07) is 3.36. The van der Waals surface area contributed by atoms with Gasteiger partial charge in [-0.25, -0.2) is 13.9 Å². The average Bonchev–Trinajstić information content (AvgIpc) is 3.21. The largest absolute Gasteiger partial charge is 0.408 e. The van der Waals surface area contributed by atoms with Gasteiger partial charge >= 0.3 is 23.5 Å². The van der Waals surface area contributed by atoms with E-state index >= 15 is 0 Å². The second-order valence-corrected chi connectivity index (χ2v) is 3.14. The van der Waals surface area contributed by atoms with Crippen molar-refractivity contribution in [1.82, 2.24) is 30.9 Å². The van der Waals surface area contributed by atoms with Crippen LogP contribution in [0, 0.1) is 22.7 Å². The first-order chi connectivity index (χ1) is 10.3. The summed E-state index contributed by atoms with van der Waals surface area (Å²) in [6.45, 7) is 0. The van der Waals surface area contributed by atoms with Gasteiger partial charge in [0.15, 0.2) is 0 Å². The van der Waals surface area contributed by atoms with Crippen LogP contribution in [0.2, 0.25) is 0 Å². The Bertz CT molecular complexity index is 782. The summed E-state index contributed by atoms with van der Waals surface area (Å²) in [5, 5.41) is 37.5. The smallest absolute Gasteiger partial charge is 0.327 e. The molecule has 0 aliphatic heterocycles. The van der Waals surface area contributed by atoms with E-state index in [9.17, 15) is 0 Å². The Morgan fingerprint density at radius 1 is 0.619 bits per heavy atom. The maximum absolute atomic E-state index is 8.73. The number of nitriles is 2. The van der Waals surface area contributed by atoms with Gasteiger partial charge in [0.1, 0.15) is 12.1 Å². The number of hydrogen-bond donors (Lipinski definition) is 0. The molecule has 21 heavy (non-hydrogen) atoms. The molecule has 0 atom stereocenters. The van der Waals surface area contributed by atoms with Gasteiger partial charge in [-0.15, -0.1) is 0 Å². The molecule has 3 rings (SSSR count). The van der Waals surface area contributed by atoms with Crippen LogP contribution in [0.25, 0.3) is 0 Å². The first-order valence-electron chi connectivity index (χ1n) is 4.95.